The fraction of sp³-hybridized carbons (Fsp3) is 0.800. The molecule has 0 aromatic carbocycles. The van der Waals surface area contributed by atoms with Gasteiger partial charge < -0.3 is 14.7 Å². The van der Waals surface area contributed by atoms with Crippen LogP contribution in [0.4, 0.5) is 5.82 Å². The molecule has 1 aromatic rings. The SMILES string of the molecule is CCCCCCCCCCCCCC(=O)N(CCC(C)C)CC(=O)Nc1cc(C)on1. The number of nitrogens with zero attached hydrogens (tertiary/aromatic N) is 2. The van der Waals surface area contributed by atoms with Crippen LogP contribution in [0.3, 0.4) is 0 Å². The number of unbranched alkanes of at least 4 members (excludes halogenated alkanes) is 10. The van der Waals surface area contributed by atoms with Gasteiger partial charge in [-0.2, -0.15) is 0 Å². The van der Waals surface area contributed by atoms with E-state index in [9.17, 15) is 9.59 Å². The average Bonchev–Trinajstić information content (AvgIpc) is 3.13. The molecule has 0 fully saturated rings. The smallest absolute Gasteiger partial charge is 0.245 e. The lowest BCUT2D eigenvalue weighted by molar-refractivity contribution is -0.135. The lowest BCUT2D eigenvalue weighted by Crippen LogP contribution is -2.39. The molecule has 0 aliphatic rings. The summed E-state index contributed by atoms with van der Waals surface area (Å²) in [7, 11) is 0. The van der Waals surface area contributed by atoms with E-state index in [1.165, 1.54) is 57.8 Å². The van der Waals surface area contributed by atoms with Crippen LogP contribution in [-0.2, 0) is 9.59 Å². The van der Waals surface area contributed by atoms with Gasteiger partial charge in [0, 0.05) is 19.0 Å². The molecule has 0 spiro atoms. The van der Waals surface area contributed by atoms with Crippen LogP contribution in [-0.4, -0.2) is 35.0 Å². The van der Waals surface area contributed by atoms with E-state index in [2.05, 4.69) is 31.2 Å². The minimum absolute atomic E-state index is 0.0650. The summed E-state index contributed by atoms with van der Waals surface area (Å²) in [5, 5.41) is 6.49. The number of hydrogen-bond acceptors (Lipinski definition) is 4. The van der Waals surface area contributed by atoms with Crippen LogP contribution in [0.15, 0.2) is 10.6 Å². The van der Waals surface area contributed by atoms with Crippen molar-refractivity contribution in [3.05, 3.63) is 11.8 Å². The third-order valence-electron chi connectivity index (χ3n) is 5.55. The van der Waals surface area contributed by atoms with Crippen LogP contribution in [0, 0.1) is 12.8 Å². The molecule has 1 N–H and O–H groups in total. The minimum atomic E-state index is -0.232. The van der Waals surface area contributed by atoms with E-state index in [4.69, 9.17) is 4.52 Å². The first-order valence-electron chi connectivity index (χ1n) is 12.4. The van der Waals surface area contributed by atoms with Gasteiger partial charge in [0.1, 0.15) is 5.76 Å². The molecule has 2 amide bonds. The quantitative estimate of drug-likeness (QED) is 0.267. The van der Waals surface area contributed by atoms with Gasteiger partial charge in [-0.05, 0) is 25.7 Å². The van der Waals surface area contributed by atoms with E-state index in [1.807, 2.05) is 0 Å². The van der Waals surface area contributed by atoms with Crippen LogP contribution in [0.25, 0.3) is 0 Å². The molecule has 178 valence electrons. The second kappa shape index (κ2) is 16.8. The Morgan fingerprint density at radius 3 is 2.10 bits per heavy atom. The molecule has 6 heteroatoms. The third-order valence-corrected chi connectivity index (χ3v) is 5.55. The number of nitrogens with one attached hydrogen (secondary N) is 1. The Morgan fingerprint density at radius 1 is 1.00 bits per heavy atom. The van der Waals surface area contributed by atoms with Gasteiger partial charge in [-0.3, -0.25) is 9.59 Å². The Kier molecular flexibility index (Phi) is 14.7. The van der Waals surface area contributed by atoms with Crippen molar-refractivity contribution in [1.82, 2.24) is 10.1 Å². The molecule has 1 heterocycles. The Hall–Kier alpha value is -1.85. The molecular formula is C25H45N3O3. The van der Waals surface area contributed by atoms with Crippen molar-refractivity contribution in [3.63, 3.8) is 0 Å². The summed E-state index contributed by atoms with van der Waals surface area (Å²) >= 11 is 0. The molecular weight excluding hydrogens is 390 g/mol. The number of rotatable bonds is 18. The first kappa shape index (κ1) is 27.2. The number of aryl methyl sites for hydroxylation is 1. The first-order valence-corrected chi connectivity index (χ1v) is 12.4. The zero-order chi connectivity index (χ0) is 22.9. The number of amides is 2. The Labute approximate surface area is 189 Å². The van der Waals surface area contributed by atoms with Gasteiger partial charge in [0.15, 0.2) is 5.82 Å². The summed E-state index contributed by atoms with van der Waals surface area (Å²) in [6.07, 6.45) is 15.3. The van der Waals surface area contributed by atoms with Crippen molar-refractivity contribution < 1.29 is 14.1 Å². The average molecular weight is 436 g/mol. The highest BCUT2D eigenvalue weighted by atomic mass is 16.5. The van der Waals surface area contributed by atoms with Gasteiger partial charge in [0.05, 0.1) is 6.54 Å². The summed E-state index contributed by atoms with van der Waals surface area (Å²) in [6, 6.07) is 1.67. The van der Waals surface area contributed by atoms with Gasteiger partial charge in [0.25, 0.3) is 0 Å². The Morgan fingerprint density at radius 2 is 1.58 bits per heavy atom. The molecule has 0 unspecified atom stereocenters. The maximum absolute atomic E-state index is 12.7. The standard InChI is InChI=1S/C25H45N3O3/c1-5-6-7-8-9-10-11-12-13-14-15-16-25(30)28(18-17-21(2)3)20-24(29)26-23-19-22(4)31-27-23/h19,21H,5-18,20H2,1-4H3,(H,26,27,29). The number of carbonyl (C=O) groups excluding carboxylic acids is 2. The fourth-order valence-corrected chi connectivity index (χ4v) is 3.59. The van der Waals surface area contributed by atoms with Crippen LogP contribution in [0.2, 0.25) is 0 Å². The largest absolute Gasteiger partial charge is 0.360 e. The topological polar surface area (TPSA) is 75.4 Å². The van der Waals surface area contributed by atoms with Crippen molar-refractivity contribution in [2.24, 2.45) is 5.92 Å². The van der Waals surface area contributed by atoms with Crippen LogP contribution in [0.1, 0.15) is 110 Å². The van der Waals surface area contributed by atoms with Gasteiger partial charge >= 0.3 is 0 Å². The van der Waals surface area contributed by atoms with Gasteiger partial charge in [-0.25, -0.2) is 0 Å². The monoisotopic (exact) mass is 435 g/mol. The molecule has 0 radical (unpaired) electrons. The number of aromatic nitrogens is 1. The highest BCUT2D eigenvalue weighted by Gasteiger charge is 2.18. The zero-order valence-electron chi connectivity index (χ0n) is 20.4. The van der Waals surface area contributed by atoms with Crippen molar-refractivity contribution in [1.29, 1.82) is 0 Å². The molecule has 0 atom stereocenters. The van der Waals surface area contributed by atoms with Gasteiger partial charge in [-0.15, -0.1) is 0 Å². The van der Waals surface area contributed by atoms with E-state index >= 15 is 0 Å². The van der Waals surface area contributed by atoms with Crippen LogP contribution < -0.4 is 5.32 Å². The van der Waals surface area contributed by atoms with Crippen molar-refractivity contribution >= 4 is 17.6 Å². The van der Waals surface area contributed by atoms with E-state index in [0.717, 1.165) is 19.3 Å². The normalized spacial score (nSPS) is 11.1. The predicted octanol–water partition coefficient (Wildman–Crippen LogP) is 6.50. The highest BCUT2D eigenvalue weighted by Crippen LogP contribution is 2.13. The molecule has 0 bridgehead atoms. The molecule has 0 aliphatic heterocycles. The second-order valence-corrected chi connectivity index (χ2v) is 9.15. The number of anilines is 1. The summed E-state index contributed by atoms with van der Waals surface area (Å²) in [6.45, 7) is 8.96. The molecule has 1 aromatic heterocycles. The van der Waals surface area contributed by atoms with E-state index < -0.39 is 0 Å². The first-order chi connectivity index (χ1) is 14.9. The molecule has 6 nitrogen and oxygen atoms in total. The summed E-state index contributed by atoms with van der Waals surface area (Å²) in [4.78, 5) is 26.8. The fourth-order valence-electron chi connectivity index (χ4n) is 3.59. The lowest BCUT2D eigenvalue weighted by atomic mass is 10.0. The predicted molar refractivity (Wildman–Crippen MR) is 127 cm³/mol. The molecule has 0 saturated heterocycles. The van der Waals surface area contributed by atoms with E-state index in [0.29, 0.717) is 30.5 Å². The van der Waals surface area contributed by atoms with Gasteiger partial charge in [-0.1, -0.05) is 90.1 Å². The zero-order valence-corrected chi connectivity index (χ0v) is 20.4. The van der Waals surface area contributed by atoms with Crippen molar-refractivity contribution in [3.8, 4) is 0 Å². The molecule has 1 rings (SSSR count). The summed E-state index contributed by atoms with van der Waals surface area (Å²) < 4.78 is 4.97. The van der Waals surface area contributed by atoms with Crippen LogP contribution >= 0.6 is 0 Å². The summed E-state index contributed by atoms with van der Waals surface area (Å²) in [5.74, 6) is 1.36. The molecule has 0 aliphatic carbocycles. The van der Waals surface area contributed by atoms with E-state index in [-0.39, 0.29) is 18.4 Å². The number of carbonyl (C=O) groups is 2. The lowest BCUT2D eigenvalue weighted by Gasteiger charge is -2.23. The maximum atomic E-state index is 12.7. The third kappa shape index (κ3) is 13.9. The van der Waals surface area contributed by atoms with E-state index in [1.54, 1.807) is 17.9 Å². The minimum Gasteiger partial charge on any atom is -0.360 e. The van der Waals surface area contributed by atoms with Crippen molar-refractivity contribution in [2.75, 3.05) is 18.4 Å². The highest BCUT2D eigenvalue weighted by molar-refractivity contribution is 5.93. The molecule has 0 saturated carbocycles. The maximum Gasteiger partial charge on any atom is 0.245 e. The Bertz CT molecular complexity index is 613. The number of hydrogen-bond donors (Lipinski definition) is 1. The van der Waals surface area contributed by atoms with Crippen LogP contribution in [0.5, 0.6) is 0 Å². The van der Waals surface area contributed by atoms with Gasteiger partial charge in [0.2, 0.25) is 11.8 Å². The second-order valence-electron chi connectivity index (χ2n) is 9.15. The Balaban J connectivity index is 2.25. The van der Waals surface area contributed by atoms with Crippen molar-refractivity contribution in [2.45, 2.75) is 111 Å². The molecule has 31 heavy (non-hydrogen) atoms. The summed E-state index contributed by atoms with van der Waals surface area (Å²) in [5.41, 5.74) is 0.